The Kier molecular flexibility index (Phi) is 4.26. The molecule has 1 aliphatic heterocycles. The summed E-state index contributed by atoms with van der Waals surface area (Å²) in [6, 6.07) is 9.13. The maximum atomic E-state index is 12.8. The zero-order chi connectivity index (χ0) is 18.2. The highest BCUT2D eigenvalue weighted by molar-refractivity contribution is 6.30. The van der Waals surface area contributed by atoms with Gasteiger partial charge in [0.2, 0.25) is 5.76 Å². The monoisotopic (exact) mass is 362 g/mol. The normalized spacial score (nSPS) is 19.9. The summed E-state index contributed by atoms with van der Waals surface area (Å²) < 4.78 is 9.88. The van der Waals surface area contributed by atoms with Gasteiger partial charge in [0.15, 0.2) is 0 Å². The lowest BCUT2D eigenvalue weighted by Crippen LogP contribution is -2.40. The van der Waals surface area contributed by atoms with Crippen LogP contribution in [0.15, 0.2) is 40.8 Å². The Morgan fingerprint density at radius 2 is 2.08 bits per heavy atom. The molecule has 1 fully saturated rings. The largest absolute Gasteiger partial charge is 0.463 e. The van der Waals surface area contributed by atoms with Gasteiger partial charge in [-0.3, -0.25) is 9.69 Å². The first kappa shape index (κ1) is 17.0. The van der Waals surface area contributed by atoms with Gasteiger partial charge in [0, 0.05) is 5.02 Å². The number of nitrogens with one attached hydrogen (secondary N) is 1. The summed E-state index contributed by atoms with van der Waals surface area (Å²) in [7, 11) is 1.23. The van der Waals surface area contributed by atoms with Gasteiger partial charge in [0.05, 0.1) is 13.7 Å². The van der Waals surface area contributed by atoms with Crippen molar-refractivity contribution in [3.05, 3.63) is 58.5 Å². The molecule has 0 saturated carbocycles. The van der Waals surface area contributed by atoms with Gasteiger partial charge in [0.25, 0.3) is 5.91 Å². The maximum absolute atomic E-state index is 12.8. The molecule has 25 heavy (non-hydrogen) atoms. The Morgan fingerprint density at radius 3 is 2.76 bits per heavy atom. The lowest BCUT2D eigenvalue weighted by molar-refractivity contribution is -0.131. The zero-order valence-electron chi connectivity index (χ0n) is 13.5. The molecule has 0 spiro atoms. The van der Waals surface area contributed by atoms with Crippen molar-refractivity contribution in [3.8, 4) is 0 Å². The van der Waals surface area contributed by atoms with Crippen LogP contribution in [-0.2, 0) is 21.6 Å². The molecule has 1 aromatic heterocycles. The molecule has 3 amide bonds. The van der Waals surface area contributed by atoms with Crippen LogP contribution >= 0.6 is 11.6 Å². The molecule has 7 nitrogen and oxygen atoms in total. The van der Waals surface area contributed by atoms with Gasteiger partial charge < -0.3 is 14.5 Å². The summed E-state index contributed by atoms with van der Waals surface area (Å²) in [5, 5.41) is 3.15. The Bertz CT molecular complexity index is 862. The lowest BCUT2D eigenvalue weighted by atomic mass is 9.92. The molecule has 1 aromatic carbocycles. The van der Waals surface area contributed by atoms with E-state index in [1.165, 1.54) is 19.2 Å². The Labute approximate surface area is 148 Å². The van der Waals surface area contributed by atoms with Gasteiger partial charge in [-0.2, -0.15) is 0 Å². The topological polar surface area (TPSA) is 88.9 Å². The van der Waals surface area contributed by atoms with Crippen LogP contribution in [0.5, 0.6) is 0 Å². The van der Waals surface area contributed by atoms with E-state index < -0.39 is 23.4 Å². The Balaban J connectivity index is 1.84. The van der Waals surface area contributed by atoms with E-state index in [4.69, 9.17) is 16.0 Å². The fraction of sp³-hybridized carbons (Fsp3) is 0.235. The van der Waals surface area contributed by atoms with Crippen LogP contribution in [0, 0.1) is 0 Å². The highest BCUT2D eigenvalue weighted by Crippen LogP contribution is 2.31. The number of carbonyl (C=O) groups is 3. The molecule has 130 valence electrons. The molecule has 1 N–H and O–H groups in total. The summed E-state index contributed by atoms with van der Waals surface area (Å²) in [5.41, 5.74) is -0.643. The summed E-state index contributed by atoms with van der Waals surface area (Å²) in [5.74, 6) is -0.774. The molecule has 1 atom stereocenters. The predicted molar refractivity (Wildman–Crippen MR) is 87.9 cm³/mol. The van der Waals surface area contributed by atoms with Crippen molar-refractivity contribution in [2.75, 3.05) is 7.11 Å². The smallest absolute Gasteiger partial charge is 0.373 e. The van der Waals surface area contributed by atoms with Gasteiger partial charge in [0.1, 0.15) is 11.3 Å². The predicted octanol–water partition coefficient (Wildman–Crippen LogP) is 2.69. The number of hydrogen-bond acceptors (Lipinski definition) is 5. The number of hydrogen-bond donors (Lipinski definition) is 1. The SMILES string of the molecule is COC(=O)c1ccc(CN2C(=O)NC(C)(c3cccc(Cl)c3)C2=O)o1. The minimum Gasteiger partial charge on any atom is -0.463 e. The third-order valence-electron chi connectivity index (χ3n) is 4.04. The van der Waals surface area contributed by atoms with Crippen LogP contribution in [0.1, 0.15) is 28.8 Å². The second-order valence-electron chi connectivity index (χ2n) is 5.71. The number of furan rings is 1. The fourth-order valence-corrected chi connectivity index (χ4v) is 2.86. The van der Waals surface area contributed by atoms with Crippen molar-refractivity contribution in [2.24, 2.45) is 0 Å². The van der Waals surface area contributed by atoms with Crippen LogP contribution in [0.4, 0.5) is 4.79 Å². The Morgan fingerprint density at radius 1 is 1.32 bits per heavy atom. The minimum absolute atomic E-state index is 0.00200. The average Bonchev–Trinajstić information content (AvgIpc) is 3.14. The quantitative estimate of drug-likeness (QED) is 0.667. The van der Waals surface area contributed by atoms with Gasteiger partial charge >= 0.3 is 12.0 Å². The molecular formula is C17H15ClN2O5. The molecule has 1 aliphatic rings. The molecular weight excluding hydrogens is 348 g/mol. The van der Waals surface area contributed by atoms with E-state index in [9.17, 15) is 14.4 Å². The van der Waals surface area contributed by atoms with Crippen molar-refractivity contribution in [2.45, 2.75) is 19.0 Å². The van der Waals surface area contributed by atoms with Crippen molar-refractivity contribution >= 4 is 29.5 Å². The van der Waals surface area contributed by atoms with E-state index in [2.05, 4.69) is 10.1 Å². The number of carbonyl (C=O) groups excluding carboxylic acids is 3. The van der Waals surface area contributed by atoms with Crippen LogP contribution in [0.25, 0.3) is 0 Å². The fourth-order valence-electron chi connectivity index (χ4n) is 2.66. The molecule has 1 unspecified atom stereocenters. The van der Waals surface area contributed by atoms with Crippen LogP contribution in [0.3, 0.4) is 0 Å². The number of halogens is 1. The first-order chi connectivity index (χ1) is 11.8. The van der Waals surface area contributed by atoms with Crippen molar-refractivity contribution < 1.29 is 23.5 Å². The number of benzene rings is 1. The van der Waals surface area contributed by atoms with Crippen molar-refractivity contribution in [3.63, 3.8) is 0 Å². The number of methoxy groups -OCH3 is 1. The van der Waals surface area contributed by atoms with Crippen molar-refractivity contribution in [1.29, 1.82) is 0 Å². The lowest BCUT2D eigenvalue weighted by Gasteiger charge is -2.22. The highest BCUT2D eigenvalue weighted by Gasteiger charge is 2.49. The summed E-state index contributed by atoms with van der Waals surface area (Å²) in [6.45, 7) is 1.51. The number of nitrogens with zero attached hydrogens (tertiary/aromatic N) is 1. The first-order valence-corrected chi connectivity index (χ1v) is 7.80. The summed E-state index contributed by atoms with van der Waals surface area (Å²) in [6.07, 6.45) is 0. The second kappa shape index (κ2) is 6.25. The standard InChI is InChI=1S/C17H15ClN2O5/c1-17(10-4-3-5-11(18)8-10)15(22)20(16(23)19-17)9-12-6-7-13(25-12)14(21)24-2/h3-8H,9H2,1-2H3,(H,19,23). The zero-order valence-corrected chi connectivity index (χ0v) is 14.3. The number of rotatable bonds is 4. The highest BCUT2D eigenvalue weighted by atomic mass is 35.5. The number of amides is 3. The van der Waals surface area contributed by atoms with E-state index in [0.717, 1.165) is 4.90 Å². The van der Waals surface area contributed by atoms with Gasteiger partial charge in [-0.25, -0.2) is 9.59 Å². The number of urea groups is 1. The molecule has 1 saturated heterocycles. The molecule has 2 aromatic rings. The van der Waals surface area contributed by atoms with Gasteiger partial charge in [-0.15, -0.1) is 0 Å². The molecule has 2 heterocycles. The molecule has 3 rings (SSSR count). The second-order valence-corrected chi connectivity index (χ2v) is 6.15. The van der Waals surface area contributed by atoms with Gasteiger partial charge in [-0.1, -0.05) is 23.7 Å². The van der Waals surface area contributed by atoms with Crippen LogP contribution in [-0.4, -0.2) is 29.9 Å². The third kappa shape index (κ3) is 2.98. The molecule has 8 heteroatoms. The summed E-state index contributed by atoms with van der Waals surface area (Å²) in [4.78, 5) is 37.6. The number of ether oxygens (including phenoxy) is 1. The van der Waals surface area contributed by atoms with E-state index in [1.54, 1.807) is 31.2 Å². The van der Waals surface area contributed by atoms with E-state index in [0.29, 0.717) is 16.3 Å². The van der Waals surface area contributed by atoms with E-state index in [-0.39, 0.29) is 12.3 Å². The van der Waals surface area contributed by atoms with E-state index in [1.807, 2.05) is 0 Å². The maximum Gasteiger partial charge on any atom is 0.373 e. The third-order valence-corrected chi connectivity index (χ3v) is 4.27. The minimum atomic E-state index is -1.22. The number of imide groups is 1. The molecule has 0 aliphatic carbocycles. The first-order valence-electron chi connectivity index (χ1n) is 7.42. The van der Waals surface area contributed by atoms with E-state index >= 15 is 0 Å². The van der Waals surface area contributed by atoms with Crippen molar-refractivity contribution in [1.82, 2.24) is 10.2 Å². The van der Waals surface area contributed by atoms with Crippen LogP contribution < -0.4 is 5.32 Å². The Hall–Kier alpha value is -2.80. The number of esters is 1. The van der Waals surface area contributed by atoms with Gasteiger partial charge in [-0.05, 0) is 36.8 Å². The summed E-state index contributed by atoms with van der Waals surface area (Å²) >= 11 is 5.99. The average molecular weight is 363 g/mol. The molecule has 0 radical (unpaired) electrons. The molecule has 0 bridgehead atoms. The van der Waals surface area contributed by atoms with Crippen LogP contribution in [0.2, 0.25) is 5.02 Å².